The van der Waals surface area contributed by atoms with Gasteiger partial charge < -0.3 is 9.47 Å². The summed E-state index contributed by atoms with van der Waals surface area (Å²) in [5.41, 5.74) is 1.58. The van der Waals surface area contributed by atoms with Gasteiger partial charge in [0.05, 0.1) is 24.8 Å². The number of nitrogens with zero attached hydrogens (tertiary/aromatic N) is 1. The van der Waals surface area contributed by atoms with Crippen LogP contribution in [0.2, 0.25) is 0 Å². The van der Waals surface area contributed by atoms with Gasteiger partial charge >= 0.3 is 5.97 Å². The molecule has 2 amide bonds. The fourth-order valence-corrected chi connectivity index (χ4v) is 2.61. The smallest absolute Gasteiger partial charge is 0.330 e. The summed E-state index contributed by atoms with van der Waals surface area (Å²) in [5.74, 6) is -0.547. The Labute approximate surface area is 150 Å². The van der Waals surface area contributed by atoms with E-state index >= 15 is 0 Å². The van der Waals surface area contributed by atoms with E-state index in [1.54, 1.807) is 61.7 Å². The molecule has 0 fully saturated rings. The third-order valence-corrected chi connectivity index (χ3v) is 3.97. The molecule has 2 aromatic carbocycles. The Morgan fingerprint density at radius 3 is 2.19 bits per heavy atom. The van der Waals surface area contributed by atoms with Crippen LogP contribution in [0.5, 0.6) is 5.75 Å². The van der Waals surface area contributed by atoms with Gasteiger partial charge in [0.1, 0.15) is 12.4 Å². The molecule has 0 saturated heterocycles. The zero-order chi connectivity index (χ0) is 18.5. The van der Waals surface area contributed by atoms with E-state index in [9.17, 15) is 14.4 Å². The van der Waals surface area contributed by atoms with Gasteiger partial charge in [-0.05, 0) is 35.9 Å². The van der Waals surface area contributed by atoms with Crippen LogP contribution < -0.4 is 4.74 Å². The Bertz CT molecular complexity index is 835. The average Bonchev–Trinajstić information content (AvgIpc) is 2.92. The van der Waals surface area contributed by atoms with Crippen molar-refractivity contribution in [2.75, 3.05) is 20.3 Å². The minimum atomic E-state index is -0.544. The summed E-state index contributed by atoms with van der Waals surface area (Å²) < 4.78 is 10.1. The van der Waals surface area contributed by atoms with Gasteiger partial charge in [0.2, 0.25) is 0 Å². The van der Waals surface area contributed by atoms with Gasteiger partial charge in [0, 0.05) is 6.08 Å². The molecule has 0 N–H and O–H groups in total. The number of rotatable bonds is 6. The SMILES string of the molecule is COc1ccc(/C=C/C(=O)OCCN2C(=O)c3ccccc3C2=O)cc1. The Kier molecular flexibility index (Phi) is 5.12. The van der Waals surface area contributed by atoms with E-state index in [4.69, 9.17) is 9.47 Å². The van der Waals surface area contributed by atoms with Crippen LogP contribution in [-0.2, 0) is 9.53 Å². The molecule has 0 aromatic heterocycles. The molecule has 6 nitrogen and oxygen atoms in total. The van der Waals surface area contributed by atoms with Crippen LogP contribution in [0, 0.1) is 0 Å². The fraction of sp³-hybridized carbons (Fsp3) is 0.150. The summed E-state index contributed by atoms with van der Waals surface area (Å²) in [6.07, 6.45) is 2.91. The summed E-state index contributed by atoms with van der Waals surface area (Å²) in [6.45, 7) is -0.0360. The average molecular weight is 351 g/mol. The standard InChI is InChI=1S/C20H17NO5/c1-25-15-9-6-14(7-10-15)8-11-18(22)26-13-12-21-19(23)16-4-2-3-5-17(16)20(21)24/h2-11H,12-13H2,1H3/b11-8+. The highest BCUT2D eigenvalue weighted by atomic mass is 16.5. The lowest BCUT2D eigenvalue weighted by molar-refractivity contribution is -0.137. The van der Waals surface area contributed by atoms with Crippen LogP contribution in [0.4, 0.5) is 0 Å². The monoisotopic (exact) mass is 351 g/mol. The van der Waals surface area contributed by atoms with Crippen molar-refractivity contribution in [3.8, 4) is 5.75 Å². The third kappa shape index (κ3) is 3.64. The molecule has 3 rings (SSSR count). The second-order valence-electron chi connectivity index (χ2n) is 5.58. The van der Waals surface area contributed by atoms with Crippen molar-refractivity contribution in [3.05, 3.63) is 71.3 Å². The molecule has 1 heterocycles. The van der Waals surface area contributed by atoms with Crippen molar-refractivity contribution in [3.63, 3.8) is 0 Å². The lowest BCUT2D eigenvalue weighted by Gasteiger charge is -2.13. The van der Waals surface area contributed by atoms with Crippen LogP contribution in [0.3, 0.4) is 0 Å². The molecule has 1 aliphatic heterocycles. The Morgan fingerprint density at radius 1 is 1.00 bits per heavy atom. The van der Waals surface area contributed by atoms with Crippen LogP contribution in [0.15, 0.2) is 54.6 Å². The number of esters is 1. The van der Waals surface area contributed by atoms with Crippen molar-refractivity contribution in [2.24, 2.45) is 0 Å². The highest BCUT2D eigenvalue weighted by molar-refractivity contribution is 6.21. The highest BCUT2D eigenvalue weighted by Gasteiger charge is 2.34. The first-order valence-electron chi connectivity index (χ1n) is 8.04. The highest BCUT2D eigenvalue weighted by Crippen LogP contribution is 2.21. The quantitative estimate of drug-likeness (QED) is 0.454. The Balaban J connectivity index is 1.50. The predicted octanol–water partition coefficient (Wildman–Crippen LogP) is 2.55. The largest absolute Gasteiger partial charge is 0.497 e. The number of fused-ring (bicyclic) bond motifs is 1. The first-order valence-corrected chi connectivity index (χ1v) is 8.04. The molecule has 0 saturated carbocycles. The molecule has 1 aliphatic rings. The first kappa shape index (κ1) is 17.4. The van der Waals surface area contributed by atoms with Crippen molar-refractivity contribution < 1.29 is 23.9 Å². The Morgan fingerprint density at radius 2 is 1.62 bits per heavy atom. The number of hydrogen-bond acceptors (Lipinski definition) is 5. The maximum atomic E-state index is 12.2. The topological polar surface area (TPSA) is 72.9 Å². The lowest BCUT2D eigenvalue weighted by atomic mass is 10.1. The van der Waals surface area contributed by atoms with Crippen molar-refractivity contribution in [1.29, 1.82) is 0 Å². The first-order chi connectivity index (χ1) is 12.6. The summed E-state index contributed by atoms with van der Waals surface area (Å²) >= 11 is 0. The number of ether oxygens (including phenoxy) is 2. The molecule has 6 heteroatoms. The minimum absolute atomic E-state index is 0.0223. The van der Waals surface area contributed by atoms with Crippen LogP contribution in [0.25, 0.3) is 6.08 Å². The zero-order valence-corrected chi connectivity index (χ0v) is 14.2. The van der Waals surface area contributed by atoms with Crippen LogP contribution in [0.1, 0.15) is 26.3 Å². The summed E-state index contributed by atoms with van der Waals surface area (Å²) in [5, 5.41) is 0. The molecule has 0 unspecified atom stereocenters. The molecule has 132 valence electrons. The van der Waals surface area contributed by atoms with Gasteiger partial charge in [0.15, 0.2) is 0 Å². The van der Waals surface area contributed by atoms with E-state index < -0.39 is 5.97 Å². The second-order valence-corrected chi connectivity index (χ2v) is 5.58. The molecular formula is C20H17NO5. The number of carbonyl (C=O) groups is 3. The number of hydrogen-bond donors (Lipinski definition) is 0. The van der Waals surface area contributed by atoms with E-state index in [-0.39, 0.29) is 25.0 Å². The zero-order valence-electron chi connectivity index (χ0n) is 14.2. The van der Waals surface area contributed by atoms with Gasteiger partial charge in [-0.3, -0.25) is 14.5 Å². The summed E-state index contributed by atoms with van der Waals surface area (Å²) in [7, 11) is 1.58. The fourth-order valence-electron chi connectivity index (χ4n) is 2.61. The van der Waals surface area contributed by atoms with Crippen LogP contribution >= 0.6 is 0 Å². The van der Waals surface area contributed by atoms with Crippen molar-refractivity contribution in [1.82, 2.24) is 4.90 Å². The van der Waals surface area contributed by atoms with Gasteiger partial charge in [-0.1, -0.05) is 24.3 Å². The van der Waals surface area contributed by atoms with Gasteiger partial charge in [-0.2, -0.15) is 0 Å². The number of amides is 2. The normalized spacial score (nSPS) is 13.2. The van der Waals surface area contributed by atoms with E-state index in [0.29, 0.717) is 11.1 Å². The van der Waals surface area contributed by atoms with E-state index in [1.807, 2.05) is 0 Å². The third-order valence-electron chi connectivity index (χ3n) is 3.97. The van der Waals surface area contributed by atoms with E-state index in [0.717, 1.165) is 16.2 Å². The molecule has 0 bridgehead atoms. The molecule has 0 atom stereocenters. The molecule has 2 aromatic rings. The maximum absolute atomic E-state index is 12.2. The van der Waals surface area contributed by atoms with Crippen LogP contribution in [-0.4, -0.2) is 42.9 Å². The molecule has 26 heavy (non-hydrogen) atoms. The number of imide groups is 1. The van der Waals surface area contributed by atoms with E-state index in [1.165, 1.54) is 6.08 Å². The number of benzene rings is 2. The van der Waals surface area contributed by atoms with Crippen molar-refractivity contribution in [2.45, 2.75) is 0 Å². The lowest BCUT2D eigenvalue weighted by Crippen LogP contribution is -2.33. The Hall–Kier alpha value is -3.41. The summed E-state index contributed by atoms with van der Waals surface area (Å²) in [4.78, 5) is 37.2. The molecule has 0 spiro atoms. The molecular weight excluding hydrogens is 334 g/mol. The van der Waals surface area contributed by atoms with Crippen molar-refractivity contribution >= 4 is 23.9 Å². The summed E-state index contributed by atoms with van der Waals surface area (Å²) in [6, 6.07) is 13.8. The number of methoxy groups -OCH3 is 1. The number of carbonyl (C=O) groups excluding carboxylic acids is 3. The van der Waals surface area contributed by atoms with Gasteiger partial charge in [-0.25, -0.2) is 4.79 Å². The molecule has 0 aliphatic carbocycles. The predicted molar refractivity (Wildman–Crippen MR) is 94.8 cm³/mol. The molecule has 0 radical (unpaired) electrons. The minimum Gasteiger partial charge on any atom is -0.497 e. The van der Waals surface area contributed by atoms with E-state index in [2.05, 4.69) is 0 Å². The van der Waals surface area contributed by atoms with Gasteiger partial charge in [-0.15, -0.1) is 0 Å². The van der Waals surface area contributed by atoms with Gasteiger partial charge in [0.25, 0.3) is 11.8 Å². The maximum Gasteiger partial charge on any atom is 0.330 e. The second kappa shape index (κ2) is 7.65.